The lowest BCUT2D eigenvalue weighted by Crippen LogP contribution is -2.08. The van der Waals surface area contributed by atoms with Gasteiger partial charge >= 0.3 is 0 Å². The predicted molar refractivity (Wildman–Crippen MR) is 91.7 cm³/mol. The maximum absolute atomic E-state index is 4.57. The third-order valence-electron chi connectivity index (χ3n) is 2.97. The first kappa shape index (κ1) is 15.8. The Bertz CT molecular complexity index is 562. The molecule has 21 heavy (non-hydrogen) atoms. The molecule has 112 valence electrons. The molecule has 0 amide bonds. The summed E-state index contributed by atoms with van der Waals surface area (Å²) in [7, 11) is 0. The van der Waals surface area contributed by atoms with Gasteiger partial charge in [-0.05, 0) is 31.0 Å². The Kier molecular flexibility index (Phi) is 5.99. The summed E-state index contributed by atoms with van der Waals surface area (Å²) < 4.78 is 1.09. The van der Waals surface area contributed by atoms with Crippen molar-refractivity contribution in [1.29, 1.82) is 0 Å². The van der Waals surface area contributed by atoms with Crippen LogP contribution in [0.5, 0.6) is 0 Å². The summed E-state index contributed by atoms with van der Waals surface area (Å²) in [5, 5.41) is 6.63. The summed E-state index contributed by atoms with van der Waals surface area (Å²) in [6.45, 7) is 5.80. The van der Waals surface area contributed by atoms with E-state index in [2.05, 4.69) is 62.5 Å². The highest BCUT2D eigenvalue weighted by Gasteiger charge is 2.04. The van der Waals surface area contributed by atoms with Crippen LogP contribution in [0.15, 0.2) is 34.8 Å². The molecule has 2 N–H and O–H groups in total. The van der Waals surface area contributed by atoms with Crippen molar-refractivity contribution in [3.63, 3.8) is 0 Å². The zero-order chi connectivity index (χ0) is 15.1. The van der Waals surface area contributed by atoms with Crippen LogP contribution in [-0.4, -0.2) is 16.5 Å². The van der Waals surface area contributed by atoms with Gasteiger partial charge in [-0.3, -0.25) is 0 Å². The lowest BCUT2D eigenvalue weighted by atomic mass is 10.2. The largest absolute Gasteiger partial charge is 0.370 e. The molecule has 0 aliphatic carbocycles. The fraction of sp³-hybridized carbons (Fsp3) is 0.375. The van der Waals surface area contributed by atoms with Crippen molar-refractivity contribution in [2.75, 3.05) is 17.2 Å². The van der Waals surface area contributed by atoms with Crippen molar-refractivity contribution in [3.05, 3.63) is 46.2 Å². The monoisotopic (exact) mass is 348 g/mol. The summed E-state index contributed by atoms with van der Waals surface area (Å²) in [6.07, 6.45) is 1.94. The topological polar surface area (TPSA) is 49.8 Å². The van der Waals surface area contributed by atoms with Crippen LogP contribution < -0.4 is 10.6 Å². The van der Waals surface area contributed by atoms with Crippen molar-refractivity contribution in [3.8, 4) is 0 Å². The Morgan fingerprint density at radius 3 is 2.48 bits per heavy atom. The average Bonchev–Trinajstić information content (AvgIpc) is 2.46. The Morgan fingerprint density at radius 1 is 1.05 bits per heavy atom. The molecule has 0 atom stereocenters. The van der Waals surface area contributed by atoms with E-state index in [0.29, 0.717) is 0 Å². The normalized spacial score (nSPS) is 10.4. The number of hydrogen-bond donors (Lipinski definition) is 2. The molecule has 0 radical (unpaired) electrons. The van der Waals surface area contributed by atoms with Crippen LogP contribution in [0.25, 0.3) is 0 Å². The van der Waals surface area contributed by atoms with E-state index in [9.17, 15) is 0 Å². The second-order valence-corrected chi connectivity index (χ2v) is 5.73. The molecular weight excluding hydrogens is 328 g/mol. The van der Waals surface area contributed by atoms with E-state index in [0.717, 1.165) is 47.9 Å². The molecule has 5 heteroatoms. The number of hydrogen-bond acceptors (Lipinski definition) is 4. The highest BCUT2D eigenvalue weighted by atomic mass is 79.9. The minimum atomic E-state index is 0.744. The van der Waals surface area contributed by atoms with E-state index in [1.165, 1.54) is 5.56 Å². The smallest absolute Gasteiger partial charge is 0.133 e. The van der Waals surface area contributed by atoms with Gasteiger partial charge in [-0.2, -0.15) is 0 Å². The molecule has 1 heterocycles. The molecule has 0 saturated heterocycles. The maximum Gasteiger partial charge on any atom is 0.133 e. The van der Waals surface area contributed by atoms with Gasteiger partial charge in [0.05, 0.1) is 0 Å². The maximum atomic E-state index is 4.57. The fourth-order valence-corrected chi connectivity index (χ4v) is 2.48. The Hall–Kier alpha value is -1.62. The zero-order valence-electron chi connectivity index (χ0n) is 12.5. The van der Waals surface area contributed by atoms with Crippen LogP contribution in [0, 0.1) is 0 Å². The van der Waals surface area contributed by atoms with Gasteiger partial charge in [0, 0.05) is 30.0 Å². The van der Waals surface area contributed by atoms with Gasteiger partial charge < -0.3 is 10.6 Å². The third kappa shape index (κ3) is 5.01. The SMILES string of the molecule is CCCc1nc(NCC)cc(NCc2cccc(Br)c2)n1. The van der Waals surface area contributed by atoms with E-state index in [1.54, 1.807) is 0 Å². The van der Waals surface area contributed by atoms with Crippen LogP contribution in [0.3, 0.4) is 0 Å². The van der Waals surface area contributed by atoms with Crippen LogP contribution in [0.1, 0.15) is 31.7 Å². The van der Waals surface area contributed by atoms with E-state index in [4.69, 9.17) is 0 Å². The zero-order valence-corrected chi connectivity index (χ0v) is 14.1. The van der Waals surface area contributed by atoms with E-state index in [-0.39, 0.29) is 0 Å². The van der Waals surface area contributed by atoms with Crippen molar-refractivity contribution >= 4 is 27.6 Å². The van der Waals surface area contributed by atoms with Gasteiger partial charge in [-0.25, -0.2) is 9.97 Å². The van der Waals surface area contributed by atoms with E-state index >= 15 is 0 Å². The summed E-state index contributed by atoms with van der Waals surface area (Å²) in [5.41, 5.74) is 1.21. The van der Waals surface area contributed by atoms with Crippen molar-refractivity contribution in [2.24, 2.45) is 0 Å². The summed E-state index contributed by atoms with van der Waals surface area (Å²) in [4.78, 5) is 9.08. The number of nitrogens with zero attached hydrogens (tertiary/aromatic N) is 2. The molecule has 0 unspecified atom stereocenters. The third-order valence-corrected chi connectivity index (χ3v) is 3.46. The second-order valence-electron chi connectivity index (χ2n) is 4.82. The van der Waals surface area contributed by atoms with Gasteiger partial charge in [0.25, 0.3) is 0 Å². The number of aryl methyl sites for hydroxylation is 1. The Labute approximate surface area is 134 Å². The first-order valence-corrected chi connectivity index (χ1v) is 8.10. The Balaban J connectivity index is 2.10. The molecule has 2 aromatic rings. The molecule has 0 aliphatic rings. The molecule has 0 bridgehead atoms. The van der Waals surface area contributed by atoms with Crippen molar-refractivity contribution in [2.45, 2.75) is 33.2 Å². The van der Waals surface area contributed by atoms with E-state index < -0.39 is 0 Å². The summed E-state index contributed by atoms with van der Waals surface area (Å²) >= 11 is 3.49. The molecule has 1 aromatic heterocycles. The first-order chi connectivity index (χ1) is 10.2. The number of halogens is 1. The van der Waals surface area contributed by atoms with Gasteiger partial charge in [0.1, 0.15) is 17.5 Å². The van der Waals surface area contributed by atoms with Crippen LogP contribution in [0.2, 0.25) is 0 Å². The lowest BCUT2D eigenvalue weighted by molar-refractivity contribution is 0.834. The van der Waals surface area contributed by atoms with Gasteiger partial charge in [-0.1, -0.05) is 35.0 Å². The number of benzene rings is 1. The molecule has 0 aliphatic heterocycles. The molecule has 0 fully saturated rings. The highest BCUT2D eigenvalue weighted by Crippen LogP contribution is 2.15. The quantitative estimate of drug-likeness (QED) is 0.785. The fourth-order valence-electron chi connectivity index (χ4n) is 2.03. The molecule has 0 spiro atoms. The lowest BCUT2D eigenvalue weighted by Gasteiger charge is -2.10. The molecule has 0 saturated carbocycles. The minimum Gasteiger partial charge on any atom is -0.370 e. The van der Waals surface area contributed by atoms with Crippen molar-refractivity contribution in [1.82, 2.24) is 9.97 Å². The Morgan fingerprint density at radius 2 is 1.81 bits per heavy atom. The number of aromatic nitrogens is 2. The van der Waals surface area contributed by atoms with E-state index in [1.807, 2.05) is 18.2 Å². The average molecular weight is 349 g/mol. The van der Waals surface area contributed by atoms with Crippen LogP contribution >= 0.6 is 15.9 Å². The summed E-state index contributed by atoms with van der Waals surface area (Å²) in [6, 6.07) is 10.2. The second kappa shape index (κ2) is 7.98. The molecule has 1 aromatic carbocycles. The first-order valence-electron chi connectivity index (χ1n) is 7.31. The minimum absolute atomic E-state index is 0.744. The highest BCUT2D eigenvalue weighted by molar-refractivity contribution is 9.10. The predicted octanol–water partition coefficient (Wildman–Crippen LogP) is 4.24. The van der Waals surface area contributed by atoms with Gasteiger partial charge in [0.15, 0.2) is 0 Å². The standard InChI is InChI=1S/C16H21BrN4/c1-3-6-14-20-15(18-4-2)10-16(21-14)19-11-12-7-5-8-13(17)9-12/h5,7-10H,3-4,6,11H2,1-2H3,(H2,18,19,20,21). The van der Waals surface area contributed by atoms with Crippen LogP contribution in [0.4, 0.5) is 11.6 Å². The molecule has 2 rings (SSSR count). The summed E-state index contributed by atoms with van der Waals surface area (Å²) in [5.74, 6) is 2.63. The number of nitrogens with one attached hydrogen (secondary N) is 2. The number of rotatable bonds is 7. The van der Waals surface area contributed by atoms with Crippen molar-refractivity contribution < 1.29 is 0 Å². The van der Waals surface area contributed by atoms with Gasteiger partial charge in [-0.15, -0.1) is 0 Å². The molecule has 4 nitrogen and oxygen atoms in total. The number of anilines is 2. The van der Waals surface area contributed by atoms with Gasteiger partial charge in [0.2, 0.25) is 0 Å². The van der Waals surface area contributed by atoms with Crippen LogP contribution in [-0.2, 0) is 13.0 Å². The molecular formula is C16H21BrN4.